The number of imidazole rings is 1. The molecule has 1 rings (SSSR count). The molecule has 0 aliphatic heterocycles. The molecule has 0 saturated heterocycles. The summed E-state index contributed by atoms with van der Waals surface area (Å²) < 4.78 is 119. The first kappa shape index (κ1) is 44.3. The van der Waals surface area contributed by atoms with Crippen LogP contribution in [0.3, 0.4) is 0 Å². The highest BCUT2D eigenvalue weighted by molar-refractivity contribution is 8.13. The van der Waals surface area contributed by atoms with E-state index in [0.717, 1.165) is 68.6 Å². The number of carbonyl (C=O) groups is 1. The van der Waals surface area contributed by atoms with Crippen LogP contribution in [0.25, 0.3) is 4.13 Å². The summed E-state index contributed by atoms with van der Waals surface area (Å²) in [5.41, 5.74) is -12.4. The van der Waals surface area contributed by atoms with E-state index < -0.39 is 31.1 Å². The largest absolute Gasteiger partial charge is 0.480 e. The van der Waals surface area contributed by atoms with Gasteiger partial charge in [-0.1, -0.05) is 45.4 Å². The van der Waals surface area contributed by atoms with E-state index in [1.807, 2.05) is 0 Å². The lowest BCUT2D eigenvalue weighted by molar-refractivity contribution is -0.696. The first-order valence-electron chi connectivity index (χ1n) is 15.3. The molecule has 1 aromatic heterocycles. The predicted octanol–water partition coefficient (Wildman–Crippen LogP) is 6.38. The molecule has 0 aliphatic carbocycles. The van der Waals surface area contributed by atoms with E-state index in [0.29, 0.717) is 19.7 Å². The van der Waals surface area contributed by atoms with Gasteiger partial charge in [0, 0.05) is 6.54 Å². The second-order valence-corrected chi connectivity index (χ2v) is 13.9. The molecule has 0 fully saturated rings. The summed E-state index contributed by atoms with van der Waals surface area (Å²) in [5, 5.41) is 2.79. The molecule has 0 aromatic carbocycles. The number of amides is 1. The number of alkyl carbamates (subject to hydrolysis) is 1. The molecule has 1 aromatic rings. The number of halogens is 6. The lowest BCUT2D eigenvalue weighted by Crippen LogP contribution is -2.30. The molecule has 12 nitrogen and oxygen atoms in total. The van der Waals surface area contributed by atoms with Crippen molar-refractivity contribution in [2.45, 2.75) is 121 Å². The van der Waals surface area contributed by atoms with Gasteiger partial charge in [-0.2, -0.15) is 26.3 Å². The Morgan fingerprint density at radius 1 is 0.851 bits per heavy atom. The van der Waals surface area contributed by atoms with E-state index in [1.165, 1.54) is 44.6 Å². The topological polar surface area (TPSA) is 159 Å². The Labute approximate surface area is 272 Å². The van der Waals surface area contributed by atoms with E-state index in [1.54, 1.807) is 0 Å². The molecule has 274 valence electrons. The molecule has 47 heavy (non-hydrogen) atoms. The summed E-state index contributed by atoms with van der Waals surface area (Å²) in [7, 11) is -13.4. The van der Waals surface area contributed by atoms with Gasteiger partial charge in [-0.3, -0.25) is 0 Å². The van der Waals surface area contributed by atoms with Crippen LogP contribution in [0, 0.1) is 0 Å². The van der Waals surface area contributed by atoms with Crippen LogP contribution in [0.5, 0.6) is 0 Å². The second-order valence-electron chi connectivity index (χ2n) is 10.4. The van der Waals surface area contributed by atoms with Crippen LogP contribution in [-0.4, -0.2) is 64.3 Å². The molecule has 1 heterocycles. The number of isocyanates is 1. The van der Waals surface area contributed by atoms with E-state index >= 15 is 0 Å². The fraction of sp³-hybridized carbons (Fsp3) is 0.815. The summed E-state index contributed by atoms with van der Waals surface area (Å²) in [4.78, 5) is 25.1. The van der Waals surface area contributed by atoms with Gasteiger partial charge in [-0.25, -0.2) is 40.6 Å². The van der Waals surface area contributed by atoms with E-state index in [4.69, 9.17) is 4.74 Å². The van der Waals surface area contributed by atoms with Gasteiger partial charge in [0.15, 0.2) is 20.0 Å². The zero-order valence-electron chi connectivity index (χ0n) is 26.4. The maximum Gasteiger partial charge on any atom is 0.480 e. The van der Waals surface area contributed by atoms with Crippen molar-refractivity contribution < 1.29 is 62.1 Å². The third-order valence-electron chi connectivity index (χ3n) is 6.37. The molecule has 0 radical (unpaired) electrons. The van der Waals surface area contributed by atoms with Gasteiger partial charge in [-0.05, 0) is 51.4 Å². The lowest BCUT2D eigenvalue weighted by Gasteiger charge is -2.22. The van der Waals surface area contributed by atoms with Gasteiger partial charge in [-0.15, -0.1) is 0 Å². The van der Waals surface area contributed by atoms with Crippen molar-refractivity contribution in [1.82, 2.24) is 9.88 Å². The van der Waals surface area contributed by atoms with Crippen LogP contribution >= 0.6 is 0 Å². The Kier molecular flexibility index (Phi) is 22.2. The smallest absolute Gasteiger partial charge is 0.450 e. The fourth-order valence-electron chi connectivity index (χ4n) is 3.86. The highest BCUT2D eigenvalue weighted by Gasteiger charge is 2.46. The quantitative estimate of drug-likeness (QED) is 0.0450. The van der Waals surface area contributed by atoms with Crippen LogP contribution in [-0.2, 0) is 42.7 Å². The first-order valence-corrected chi connectivity index (χ1v) is 18.2. The maximum absolute atomic E-state index is 11.6. The van der Waals surface area contributed by atoms with E-state index in [2.05, 4.69) is 45.1 Å². The van der Waals surface area contributed by atoms with E-state index in [9.17, 15) is 52.8 Å². The van der Waals surface area contributed by atoms with Crippen LogP contribution in [0.2, 0.25) is 0 Å². The number of aliphatic imine (C=N–C) groups is 1. The Hall–Kier alpha value is -2.70. The van der Waals surface area contributed by atoms with Gasteiger partial charge in [0.05, 0.1) is 26.2 Å². The van der Waals surface area contributed by atoms with Gasteiger partial charge in [0.25, 0.3) is 0 Å². The highest BCUT2D eigenvalue weighted by Crippen LogP contribution is 2.36. The predicted molar refractivity (Wildman–Crippen MR) is 161 cm³/mol. The summed E-state index contributed by atoms with van der Waals surface area (Å²) in [6.45, 7) is 6.09. The lowest BCUT2D eigenvalue weighted by atomic mass is 10.1. The average molecular weight is 730 g/mol. The summed E-state index contributed by atoms with van der Waals surface area (Å²) >= 11 is 0. The average Bonchev–Trinajstić information content (AvgIpc) is 3.42. The molecule has 1 N–H and O–H groups in total. The van der Waals surface area contributed by atoms with Crippen LogP contribution < -0.4 is 9.88 Å². The van der Waals surface area contributed by atoms with Crippen LogP contribution in [0.15, 0.2) is 23.7 Å². The highest BCUT2D eigenvalue weighted by atomic mass is 32.3. The molecule has 0 saturated carbocycles. The molecule has 0 unspecified atom stereocenters. The summed E-state index contributed by atoms with van der Waals surface area (Å²) in [6.07, 6.45) is 23.9. The molecule has 1 amide bonds. The number of nitrogens with zero attached hydrogens (tertiary/aromatic N) is 4. The minimum Gasteiger partial charge on any atom is -0.450 e. The van der Waals surface area contributed by atoms with Gasteiger partial charge < -0.3 is 14.2 Å². The molecular weight excluding hydrogens is 684 g/mol. The van der Waals surface area contributed by atoms with Crippen molar-refractivity contribution in [2.24, 2.45) is 4.99 Å². The number of carbonyl (C=O) groups excluding carboxylic acids is 2. The molecule has 20 heteroatoms. The number of rotatable bonds is 23. The van der Waals surface area contributed by atoms with Crippen molar-refractivity contribution in [2.75, 3.05) is 19.7 Å². The number of nitrogens with one attached hydrogen (secondary N) is 1. The monoisotopic (exact) mass is 729 g/mol. The SMILES string of the molecule is CCCCCCCC[n+]1ccn(CCCCCCOC(=O)NCCCCCCN=C=O)c1.O=S(=O)([N-]S(=O)(=O)C(F)(F)F)C(F)(F)F. The third-order valence-corrected chi connectivity index (χ3v) is 9.11. The van der Waals surface area contributed by atoms with E-state index in [-0.39, 0.29) is 6.09 Å². The Bertz CT molecular complexity index is 1230. The normalized spacial score (nSPS) is 12.1. The minimum atomic E-state index is -6.72. The molecule has 0 aliphatic rings. The van der Waals surface area contributed by atoms with Gasteiger partial charge in [0.2, 0.25) is 12.4 Å². The number of ether oxygens (including phenoxy) is 1. The maximum atomic E-state index is 11.6. The molecule has 0 atom stereocenters. The zero-order chi connectivity index (χ0) is 35.8. The summed E-state index contributed by atoms with van der Waals surface area (Å²) in [5.74, 6) is 0. The number of unbranched alkanes of at least 4 members (excludes halogenated alkanes) is 11. The minimum absolute atomic E-state index is 0.321. The Balaban J connectivity index is 0.00000118. The second kappa shape index (κ2) is 23.6. The number of sulfonamides is 2. The Morgan fingerprint density at radius 3 is 2.02 bits per heavy atom. The number of alkyl halides is 6. The molecule has 0 spiro atoms. The van der Waals surface area contributed by atoms with Crippen LogP contribution in [0.1, 0.15) is 96.8 Å². The van der Waals surface area contributed by atoms with Crippen LogP contribution in [0.4, 0.5) is 31.1 Å². The number of aryl methyl sites for hydroxylation is 2. The van der Waals surface area contributed by atoms with Crippen molar-refractivity contribution in [3.63, 3.8) is 0 Å². The van der Waals surface area contributed by atoms with Gasteiger partial charge >= 0.3 is 17.1 Å². The first-order chi connectivity index (χ1) is 22.0. The zero-order valence-corrected chi connectivity index (χ0v) is 28.0. The van der Waals surface area contributed by atoms with Crippen molar-refractivity contribution in [1.29, 1.82) is 0 Å². The fourth-order valence-corrected chi connectivity index (χ4v) is 5.57. The number of aromatic nitrogens is 2. The Morgan fingerprint density at radius 2 is 1.40 bits per heavy atom. The third kappa shape index (κ3) is 21.7. The van der Waals surface area contributed by atoms with Crippen molar-refractivity contribution >= 4 is 32.2 Å². The molecular formula is C27H45F6N5O7S2. The standard InChI is InChI=1S/C25H44N4O3.C2F6NO4S2/c1-2-3-4-5-8-13-18-28-20-21-29(24-28)19-14-9-10-15-22-32-25(31)27-17-12-7-6-11-16-26-23-30;3-1(4,5)14(10,11)9-15(12,13)2(6,7)8/h20-21,24H,2-19,22H2,1H3;/q;-1/p+1. The van der Waals surface area contributed by atoms with Crippen molar-refractivity contribution in [3.8, 4) is 0 Å². The molecule has 0 bridgehead atoms. The number of hydrogen-bond donors (Lipinski definition) is 1. The van der Waals surface area contributed by atoms with Gasteiger partial charge in [0.1, 0.15) is 12.4 Å². The van der Waals surface area contributed by atoms with Crippen molar-refractivity contribution in [3.05, 3.63) is 22.8 Å². The number of hydrogen-bond acceptors (Lipinski definition) is 8. The summed E-state index contributed by atoms with van der Waals surface area (Å²) in [6, 6.07) is 0.